The van der Waals surface area contributed by atoms with Gasteiger partial charge in [0.1, 0.15) is 12.6 Å². The van der Waals surface area contributed by atoms with Crippen LogP contribution in [0.25, 0.3) is 0 Å². The van der Waals surface area contributed by atoms with Crippen LogP contribution in [0.15, 0.2) is 54.6 Å². The van der Waals surface area contributed by atoms with Gasteiger partial charge >= 0.3 is 5.97 Å². The van der Waals surface area contributed by atoms with Crippen LogP contribution < -0.4 is 10.6 Å². The van der Waals surface area contributed by atoms with Crippen LogP contribution in [0.2, 0.25) is 5.02 Å². The Morgan fingerprint density at radius 2 is 1.72 bits per heavy atom. The van der Waals surface area contributed by atoms with E-state index in [0.717, 1.165) is 18.4 Å². The molecule has 1 unspecified atom stereocenters. The minimum atomic E-state index is -0.836. The van der Waals surface area contributed by atoms with Crippen molar-refractivity contribution in [3.8, 4) is 0 Å². The van der Waals surface area contributed by atoms with E-state index in [1.54, 1.807) is 24.3 Å². The quantitative estimate of drug-likeness (QED) is 0.618. The molecule has 1 atom stereocenters. The van der Waals surface area contributed by atoms with E-state index in [0.29, 0.717) is 29.5 Å². The summed E-state index contributed by atoms with van der Waals surface area (Å²) in [5, 5.41) is 5.82. The predicted molar refractivity (Wildman–Crippen MR) is 110 cm³/mol. The molecule has 1 saturated carbocycles. The van der Waals surface area contributed by atoms with Gasteiger partial charge in [-0.3, -0.25) is 14.4 Å². The first-order valence-corrected chi connectivity index (χ1v) is 9.93. The molecule has 2 amide bonds. The Morgan fingerprint density at radius 3 is 2.38 bits per heavy atom. The summed E-state index contributed by atoms with van der Waals surface area (Å²) in [6.45, 7) is 0.170. The molecule has 3 rings (SSSR count). The number of rotatable bonds is 9. The summed E-state index contributed by atoms with van der Waals surface area (Å²) in [6, 6.07) is 14.9. The van der Waals surface area contributed by atoms with Crippen LogP contribution in [0.5, 0.6) is 0 Å². The van der Waals surface area contributed by atoms with E-state index in [-0.39, 0.29) is 6.54 Å². The number of carbonyl (C=O) groups is 3. The lowest BCUT2D eigenvalue weighted by Gasteiger charge is -2.18. The molecule has 29 heavy (non-hydrogen) atoms. The average Bonchev–Trinajstić information content (AvgIpc) is 3.55. The molecule has 2 aromatic carbocycles. The molecule has 2 N–H and O–H groups in total. The van der Waals surface area contributed by atoms with Crippen molar-refractivity contribution in [3.63, 3.8) is 0 Å². The highest BCUT2D eigenvalue weighted by Gasteiger charge is 2.25. The molecule has 1 fully saturated rings. The minimum Gasteiger partial charge on any atom is -0.464 e. The number of hydrogen-bond acceptors (Lipinski definition) is 4. The number of esters is 1. The monoisotopic (exact) mass is 414 g/mol. The molecule has 0 bridgehead atoms. The van der Waals surface area contributed by atoms with Crippen LogP contribution >= 0.6 is 11.6 Å². The summed E-state index contributed by atoms with van der Waals surface area (Å²) in [4.78, 5) is 37.0. The van der Waals surface area contributed by atoms with E-state index in [9.17, 15) is 14.4 Å². The van der Waals surface area contributed by atoms with E-state index in [1.807, 2.05) is 30.3 Å². The van der Waals surface area contributed by atoms with Crippen molar-refractivity contribution < 1.29 is 19.1 Å². The van der Waals surface area contributed by atoms with Gasteiger partial charge in [0.05, 0.1) is 6.61 Å². The number of ether oxygens (including phenoxy) is 1. The molecule has 0 radical (unpaired) electrons. The van der Waals surface area contributed by atoms with Gasteiger partial charge in [-0.1, -0.05) is 41.9 Å². The molecule has 1 aliphatic rings. The van der Waals surface area contributed by atoms with Gasteiger partial charge in [-0.2, -0.15) is 0 Å². The number of nitrogens with one attached hydrogen (secondary N) is 2. The number of carbonyl (C=O) groups excluding carboxylic acids is 3. The first-order chi connectivity index (χ1) is 14.0. The Labute approximate surface area is 174 Å². The number of hydrogen-bond donors (Lipinski definition) is 2. The van der Waals surface area contributed by atoms with Crippen LogP contribution in [-0.4, -0.2) is 37.0 Å². The summed E-state index contributed by atoms with van der Waals surface area (Å²) in [5.41, 5.74) is 1.28. The van der Waals surface area contributed by atoms with E-state index < -0.39 is 23.8 Å². The standard InChI is InChI=1S/C22H23ClN2O4/c23-18-10-8-17(9-11-18)21(27)25-19(12-15-4-2-1-3-5-15)22(28)24-13-20(26)29-14-16-6-7-16/h1-5,8-11,16,19H,6-7,12-14H2,(H,24,28)(H,25,27). The zero-order valence-electron chi connectivity index (χ0n) is 15.9. The maximum Gasteiger partial charge on any atom is 0.325 e. The van der Waals surface area contributed by atoms with Gasteiger partial charge in [-0.15, -0.1) is 0 Å². The first kappa shape index (κ1) is 20.9. The van der Waals surface area contributed by atoms with E-state index in [1.165, 1.54) is 0 Å². The van der Waals surface area contributed by atoms with E-state index in [4.69, 9.17) is 16.3 Å². The molecule has 0 heterocycles. The van der Waals surface area contributed by atoms with Gasteiger partial charge in [0.15, 0.2) is 0 Å². The van der Waals surface area contributed by atoms with E-state index in [2.05, 4.69) is 10.6 Å². The van der Waals surface area contributed by atoms with Crippen LogP contribution in [0.4, 0.5) is 0 Å². The van der Waals surface area contributed by atoms with Gasteiger partial charge in [0, 0.05) is 17.0 Å². The number of amides is 2. The largest absolute Gasteiger partial charge is 0.464 e. The molecule has 0 aromatic heterocycles. The van der Waals surface area contributed by atoms with Gasteiger partial charge < -0.3 is 15.4 Å². The highest BCUT2D eigenvalue weighted by atomic mass is 35.5. The van der Waals surface area contributed by atoms with Gasteiger partial charge in [0.2, 0.25) is 5.91 Å². The summed E-state index contributed by atoms with van der Waals surface area (Å²) < 4.78 is 5.12. The molecule has 1 aliphatic carbocycles. The molecule has 2 aromatic rings. The molecule has 7 heteroatoms. The summed E-state index contributed by atoms with van der Waals surface area (Å²) in [7, 11) is 0. The zero-order chi connectivity index (χ0) is 20.6. The van der Waals surface area contributed by atoms with Gasteiger partial charge in [-0.25, -0.2) is 0 Å². The van der Waals surface area contributed by atoms with Crippen molar-refractivity contribution in [1.29, 1.82) is 0 Å². The lowest BCUT2D eigenvalue weighted by molar-refractivity contribution is -0.144. The van der Waals surface area contributed by atoms with Crippen LogP contribution in [0, 0.1) is 5.92 Å². The van der Waals surface area contributed by atoms with Crippen molar-refractivity contribution in [2.75, 3.05) is 13.2 Å². The number of halogens is 1. The Balaban J connectivity index is 1.61. The zero-order valence-corrected chi connectivity index (χ0v) is 16.7. The third-order valence-electron chi connectivity index (χ3n) is 4.59. The average molecular weight is 415 g/mol. The molecule has 152 valence electrons. The van der Waals surface area contributed by atoms with Crippen molar-refractivity contribution in [2.24, 2.45) is 5.92 Å². The topological polar surface area (TPSA) is 84.5 Å². The maximum atomic E-state index is 12.7. The number of benzene rings is 2. The normalized spacial score (nSPS) is 14.0. The van der Waals surface area contributed by atoms with Crippen molar-refractivity contribution >= 4 is 29.4 Å². The van der Waals surface area contributed by atoms with Crippen molar-refractivity contribution in [1.82, 2.24) is 10.6 Å². The summed E-state index contributed by atoms with van der Waals surface area (Å²) in [6.07, 6.45) is 2.45. The maximum absolute atomic E-state index is 12.7. The first-order valence-electron chi connectivity index (χ1n) is 9.55. The Kier molecular flexibility index (Phi) is 7.25. The Morgan fingerprint density at radius 1 is 1.03 bits per heavy atom. The van der Waals surface area contributed by atoms with Gasteiger partial charge in [-0.05, 0) is 48.6 Å². The fourth-order valence-electron chi connectivity index (χ4n) is 2.73. The lowest BCUT2D eigenvalue weighted by Crippen LogP contribution is -2.49. The second kappa shape index (κ2) is 10.1. The summed E-state index contributed by atoms with van der Waals surface area (Å²) in [5.74, 6) is -0.861. The Bertz CT molecular complexity index is 851. The van der Waals surface area contributed by atoms with Crippen LogP contribution in [-0.2, 0) is 20.7 Å². The SMILES string of the molecule is O=C(CNC(=O)C(Cc1ccccc1)NC(=O)c1ccc(Cl)cc1)OCC1CC1. The van der Waals surface area contributed by atoms with Crippen molar-refractivity contribution in [2.45, 2.75) is 25.3 Å². The predicted octanol–water partition coefficient (Wildman–Crippen LogP) is 2.75. The summed E-state index contributed by atoms with van der Waals surface area (Å²) >= 11 is 5.86. The Hall–Kier alpha value is -2.86. The molecule has 0 spiro atoms. The smallest absolute Gasteiger partial charge is 0.325 e. The fourth-order valence-corrected chi connectivity index (χ4v) is 2.86. The van der Waals surface area contributed by atoms with E-state index >= 15 is 0 Å². The third kappa shape index (κ3) is 6.91. The lowest BCUT2D eigenvalue weighted by atomic mass is 10.0. The molecular formula is C22H23ClN2O4. The van der Waals surface area contributed by atoms with Crippen molar-refractivity contribution in [3.05, 3.63) is 70.7 Å². The molecule has 0 aliphatic heterocycles. The fraction of sp³-hybridized carbons (Fsp3) is 0.318. The highest BCUT2D eigenvalue weighted by molar-refractivity contribution is 6.30. The van der Waals surface area contributed by atoms with Crippen LogP contribution in [0.1, 0.15) is 28.8 Å². The van der Waals surface area contributed by atoms with Gasteiger partial charge in [0.25, 0.3) is 5.91 Å². The molecular weight excluding hydrogens is 392 g/mol. The van der Waals surface area contributed by atoms with Crippen LogP contribution in [0.3, 0.4) is 0 Å². The second-order valence-electron chi connectivity index (χ2n) is 7.07. The third-order valence-corrected chi connectivity index (χ3v) is 4.85. The second-order valence-corrected chi connectivity index (χ2v) is 7.50. The minimum absolute atomic E-state index is 0.229. The molecule has 0 saturated heterocycles. The molecule has 6 nitrogen and oxygen atoms in total. The highest BCUT2D eigenvalue weighted by Crippen LogP contribution is 2.28.